The van der Waals surface area contributed by atoms with Gasteiger partial charge in [-0.3, -0.25) is 0 Å². The maximum Gasteiger partial charge on any atom is 0.131 e. The Hall–Kier alpha value is -0.920. The van der Waals surface area contributed by atoms with Gasteiger partial charge in [-0.05, 0) is 61.8 Å². The summed E-state index contributed by atoms with van der Waals surface area (Å²) in [5, 5.41) is 0. The molecule has 0 radical (unpaired) electrons. The molecule has 2 fully saturated rings. The van der Waals surface area contributed by atoms with Gasteiger partial charge in [0.2, 0.25) is 0 Å². The quantitative estimate of drug-likeness (QED) is 0.269. The molecule has 1 heterocycles. The molecule has 2 aliphatic carbocycles. The maximum atomic E-state index is 4.78. The van der Waals surface area contributed by atoms with Gasteiger partial charge in [-0.1, -0.05) is 104 Å². The third-order valence-electron chi connectivity index (χ3n) is 8.67. The Kier molecular flexibility index (Phi) is 12.1. The number of hydrogen-bond donors (Lipinski definition) is 0. The van der Waals surface area contributed by atoms with Crippen LogP contribution in [0.3, 0.4) is 0 Å². The highest BCUT2D eigenvalue weighted by Gasteiger charge is 2.26. The fraction of sp³-hybridized carbons (Fsp3) is 0.867. The first kappa shape index (κ1) is 25.7. The fourth-order valence-corrected chi connectivity index (χ4v) is 6.31. The van der Waals surface area contributed by atoms with E-state index >= 15 is 0 Å². The minimum atomic E-state index is 0.614. The van der Waals surface area contributed by atoms with Crippen molar-refractivity contribution < 1.29 is 0 Å². The largest absolute Gasteiger partial charge is 0.241 e. The standard InChI is InChI=1S/C30H52N2/c1-3-5-7-8-10-12-28-23-31-30(32-24-28)29-21-19-27(20-22-29)18-17-26-15-13-25(14-16-26)11-9-6-4-2/h23-27,29H,3-22H2,1-2H3/t25-,26-,27?,29?. The highest BCUT2D eigenvalue weighted by molar-refractivity contribution is 5.08. The van der Waals surface area contributed by atoms with Gasteiger partial charge in [0.15, 0.2) is 0 Å². The van der Waals surface area contributed by atoms with Crippen molar-refractivity contribution in [2.45, 2.75) is 148 Å². The predicted molar refractivity (Wildman–Crippen MR) is 138 cm³/mol. The maximum absolute atomic E-state index is 4.78. The van der Waals surface area contributed by atoms with E-state index in [9.17, 15) is 0 Å². The number of aryl methyl sites for hydroxylation is 1. The molecule has 0 aliphatic heterocycles. The van der Waals surface area contributed by atoms with E-state index in [2.05, 4.69) is 26.2 Å². The Morgan fingerprint density at radius 1 is 0.594 bits per heavy atom. The molecule has 1 aromatic heterocycles. The van der Waals surface area contributed by atoms with E-state index in [1.807, 2.05) is 0 Å². The van der Waals surface area contributed by atoms with E-state index in [1.165, 1.54) is 128 Å². The van der Waals surface area contributed by atoms with Crippen LogP contribution in [0.15, 0.2) is 12.4 Å². The van der Waals surface area contributed by atoms with Crippen molar-refractivity contribution >= 4 is 0 Å². The molecule has 182 valence electrons. The van der Waals surface area contributed by atoms with E-state index in [0.717, 1.165) is 30.0 Å². The summed E-state index contributed by atoms with van der Waals surface area (Å²) in [4.78, 5) is 9.57. The summed E-state index contributed by atoms with van der Waals surface area (Å²) >= 11 is 0. The summed E-state index contributed by atoms with van der Waals surface area (Å²) in [6.07, 6.45) is 32.4. The van der Waals surface area contributed by atoms with Gasteiger partial charge in [0.1, 0.15) is 5.82 Å². The van der Waals surface area contributed by atoms with Crippen molar-refractivity contribution in [3.63, 3.8) is 0 Å². The topological polar surface area (TPSA) is 25.8 Å². The Bertz CT molecular complexity index is 579. The molecule has 2 heteroatoms. The Balaban J connectivity index is 1.27. The van der Waals surface area contributed by atoms with Crippen molar-refractivity contribution in [1.29, 1.82) is 0 Å². The van der Waals surface area contributed by atoms with E-state index in [0.29, 0.717) is 5.92 Å². The van der Waals surface area contributed by atoms with Gasteiger partial charge >= 0.3 is 0 Å². The van der Waals surface area contributed by atoms with Crippen LogP contribution in [0.2, 0.25) is 0 Å². The highest BCUT2D eigenvalue weighted by atomic mass is 14.9. The highest BCUT2D eigenvalue weighted by Crippen LogP contribution is 2.39. The van der Waals surface area contributed by atoms with Crippen molar-refractivity contribution in [3.05, 3.63) is 23.8 Å². The van der Waals surface area contributed by atoms with Crippen LogP contribution in [0.25, 0.3) is 0 Å². The number of rotatable bonds is 14. The Labute approximate surface area is 199 Å². The number of hydrogen-bond acceptors (Lipinski definition) is 2. The average Bonchev–Trinajstić information content (AvgIpc) is 2.84. The second kappa shape index (κ2) is 15.1. The first-order valence-electron chi connectivity index (χ1n) is 14.6. The lowest BCUT2D eigenvalue weighted by atomic mass is 9.74. The molecule has 2 nitrogen and oxygen atoms in total. The van der Waals surface area contributed by atoms with Gasteiger partial charge in [-0.25, -0.2) is 9.97 Å². The number of aromatic nitrogens is 2. The number of unbranched alkanes of at least 4 members (excludes halogenated alkanes) is 6. The molecule has 0 spiro atoms. The van der Waals surface area contributed by atoms with Gasteiger partial charge in [-0.15, -0.1) is 0 Å². The lowest BCUT2D eigenvalue weighted by molar-refractivity contribution is 0.221. The summed E-state index contributed by atoms with van der Waals surface area (Å²) in [6, 6.07) is 0. The minimum absolute atomic E-state index is 0.614. The molecule has 0 aromatic carbocycles. The second-order valence-corrected chi connectivity index (χ2v) is 11.3. The molecule has 1 aromatic rings. The summed E-state index contributed by atoms with van der Waals surface area (Å²) in [6.45, 7) is 4.60. The molecule has 0 saturated heterocycles. The van der Waals surface area contributed by atoms with E-state index in [4.69, 9.17) is 9.97 Å². The summed E-state index contributed by atoms with van der Waals surface area (Å²) in [5.41, 5.74) is 1.33. The molecule has 32 heavy (non-hydrogen) atoms. The van der Waals surface area contributed by atoms with Gasteiger partial charge in [0.25, 0.3) is 0 Å². The van der Waals surface area contributed by atoms with Crippen molar-refractivity contribution in [2.75, 3.05) is 0 Å². The predicted octanol–water partition coefficient (Wildman–Crippen LogP) is 9.43. The van der Waals surface area contributed by atoms with Crippen LogP contribution in [0.5, 0.6) is 0 Å². The summed E-state index contributed by atoms with van der Waals surface area (Å²) < 4.78 is 0. The zero-order valence-electron chi connectivity index (χ0n) is 21.5. The third-order valence-corrected chi connectivity index (χ3v) is 8.67. The zero-order valence-corrected chi connectivity index (χ0v) is 21.5. The molecule has 2 saturated carbocycles. The van der Waals surface area contributed by atoms with E-state index in [1.54, 1.807) is 0 Å². The van der Waals surface area contributed by atoms with Gasteiger partial charge in [-0.2, -0.15) is 0 Å². The number of nitrogens with zero attached hydrogens (tertiary/aromatic N) is 2. The van der Waals surface area contributed by atoms with Crippen LogP contribution in [0, 0.1) is 17.8 Å². The van der Waals surface area contributed by atoms with Gasteiger partial charge < -0.3 is 0 Å². The van der Waals surface area contributed by atoms with E-state index < -0.39 is 0 Å². The molecule has 3 rings (SSSR count). The van der Waals surface area contributed by atoms with Gasteiger partial charge in [0.05, 0.1) is 0 Å². The van der Waals surface area contributed by atoms with Crippen molar-refractivity contribution in [3.8, 4) is 0 Å². The van der Waals surface area contributed by atoms with Crippen LogP contribution in [0.1, 0.15) is 153 Å². The summed E-state index contributed by atoms with van der Waals surface area (Å²) in [5.74, 6) is 4.80. The minimum Gasteiger partial charge on any atom is -0.241 e. The molecule has 0 amide bonds. The van der Waals surface area contributed by atoms with Crippen LogP contribution in [-0.4, -0.2) is 9.97 Å². The normalized spacial score (nSPS) is 26.3. The lowest BCUT2D eigenvalue weighted by Gasteiger charge is -2.31. The molecular formula is C30H52N2. The van der Waals surface area contributed by atoms with Crippen LogP contribution in [0.4, 0.5) is 0 Å². The smallest absolute Gasteiger partial charge is 0.131 e. The molecular weight excluding hydrogens is 388 g/mol. The van der Waals surface area contributed by atoms with Crippen molar-refractivity contribution in [2.24, 2.45) is 17.8 Å². The van der Waals surface area contributed by atoms with Crippen LogP contribution in [-0.2, 0) is 6.42 Å². The lowest BCUT2D eigenvalue weighted by Crippen LogP contribution is -2.18. The first-order chi connectivity index (χ1) is 15.8. The average molecular weight is 441 g/mol. The molecule has 0 atom stereocenters. The SMILES string of the molecule is CCCCCCCc1cnc(C2CCC(CC[C@H]3CC[C@H](CCCCC)CC3)CC2)nc1. The van der Waals surface area contributed by atoms with Crippen LogP contribution < -0.4 is 0 Å². The Morgan fingerprint density at radius 2 is 1.09 bits per heavy atom. The zero-order chi connectivity index (χ0) is 22.4. The Morgan fingerprint density at radius 3 is 1.69 bits per heavy atom. The second-order valence-electron chi connectivity index (χ2n) is 11.3. The fourth-order valence-electron chi connectivity index (χ4n) is 6.31. The van der Waals surface area contributed by atoms with E-state index in [-0.39, 0.29) is 0 Å². The van der Waals surface area contributed by atoms with Gasteiger partial charge in [0, 0.05) is 18.3 Å². The third kappa shape index (κ3) is 9.14. The first-order valence-corrected chi connectivity index (χ1v) is 14.6. The van der Waals surface area contributed by atoms with Crippen molar-refractivity contribution in [1.82, 2.24) is 9.97 Å². The van der Waals surface area contributed by atoms with Crippen LogP contribution >= 0.6 is 0 Å². The molecule has 0 N–H and O–H groups in total. The molecule has 0 bridgehead atoms. The monoisotopic (exact) mass is 440 g/mol. The molecule has 2 aliphatic rings. The molecule has 0 unspecified atom stereocenters. The summed E-state index contributed by atoms with van der Waals surface area (Å²) in [7, 11) is 0.